The van der Waals surface area contributed by atoms with E-state index in [4.69, 9.17) is 9.15 Å². The predicted molar refractivity (Wildman–Crippen MR) is 74.1 cm³/mol. The van der Waals surface area contributed by atoms with Gasteiger partial charge in [0.05, 0.1) is 17.7 Å². The SMILES string of the molecule is O=C1NC(=O)/C(=C\c2cc(Br)c(N3CCOCC3)o2)N1. The zero-order valence-electron chi connectivity index (χ0n) is 10.4. The molecule has 2 aliphatic heterocycles. The first kappa shape index (κ1) is 13.2. The highest BCUT2D eigenvalue weighted by atomic mass is 79.9. The maximum atomic E-state index is 11.4. The number of rotatable bonds is 2. The van der Waals surface area contributed by atoms with Gasteiger partial charge in [-0.2, -0.15) is 0 Å². The van der Waals surface area contributed by atoms with Crippen molar-refractivity contribution in [1.29, 1.82) is 0 Å². The second kappa shape index (κ2) is 5.29. The van der Waals surface area contributed by atoms with E-state index < -0.39 is 11.9 Å². The molecule has 2 N–H and O–H groups in total. The summed E-state index contributed by atoms with van der Waals surface area (Å²) in [7, 11) is 0. The van der Waals surface area contributed by atoms with E-state index in [2.05, 4.69) is 31.5 Å². The van der Waals surface area contributed by atoms with Crippen molar-refractivity contribution in [3.63, 3.8) is 0 Å². The predicted octanol–water partition coefficient (Wildman–Crippen LogP) is 1.06. The number of morpholine rings is 1. The van der Waals surface area contributed by atoms with Gasteiger partial charge in [-0.1, -0.05) is 0 Å². The fraction of sp³-hybridized carbons (Fsp3) is 0.333. The molecule has 7 nitrogen and oxygen atoms in total. The first-order chi connectivity index (χ1) is 9.63. The average Bonchev–Trinajstić information content (AvgIpc) is 2.94. The van der Waals surface area contributed by atoms with Crippen LogP contribution < -0.4 is 15.5 Å². The van der Waals surface area contributed by atoms with E-state index >= 15 is 0 Å². The normalized spacial score (nSPS) is 21.2. The van der Waals surface area contributed by atoms with E-state index in [9.17, 15) is 9.59 Å². The summed E-state index contributed by atoms with van der Waals surface area (Å²) in [6.45, 7) is 2.81. The van der Waals surface area contributed by atoms with Crippen molar-refractivity contribution < 1.29 is 18.7 Å². The highest BCUT2D eigenvalue weighted by molar-refractivity contribution is 9.10. The maximum absolute atomic E-state index is 11.4. The Bertz CT molecular complexity index is 590. The molecule has 2 fully saturated rings. The number of nitrogens with zero attached hydrogens (tertiary/aromatic N) is 1. The highest BCUT2D eigenvalue weighted by Gasteiger charge is 2.24. The number of nitrogens with one attached hydrogen (secondary N) is 2. The Labute approximate surface area is 123 Å². The lowest BCUT2D eigenvalue weighted by Crippen LogP contribution is -2.36. The van der Waals surface area contributed by atoms with Gasteiger partial charge in [-0.25, -0.2) is 4.79 Å². The third-order valence-corrected chi connectivity index (χ3v) is 3.56. The van der Waals surface area contributed by atoms with E-state index in [0.717, 1.165) is 17.6 Å². The number of hydrogen-bond acceptors (Lipinski definition) is 5. The van der Waals surface area contributed by atoms with Crippen molar-refractivity contribution in [2.45, 2.75) is 0 Å². The molecule has 1 aromatic rings. The summed E-state index contributed by atoms with van der Waals surface area (Å²) in [5, 5.41) is 4.55. The minimum atomic E-state index is -0.528. The van der Waals surface area contributed by atoms with Crippen molar-refractivity contribution in [2.75, 3.05) is 31.2 Å². The first-order valence-corrected chi connectivity index (χ1v) is 6.89. The molecule has 0 aliphatic carbocycles. The number of hydrogen-bond donors (Lipinski definition) is 2. The van der Waals surface area contributed by atoms with Crippen molar-refractivity contribution in [3.8, 4) is 0 Å². The Balaban J connectivity index is 1.83. The largest absolute Gasteiger partial charge is 0.440 e. The molecule has 8 heteroatoms. The first-order valence-electron chi connectivity index (χ1n) is 6.09. The van der Waals surface area contributed by atoms with Gasteiger partial charge in [-0.05, 0) is 15.9 Å². The van der Waals surface area contributed by atoms with Crippen LogP contribution in [0.15, 0.2) is 20.7 Å². The number of urea groups is 1. The number of imide groups is 1. The number of amides is 3. The van der Waals surface area contributed by atoms with E-state index in [1.807, 2.05) is 0 Å². The quantitative estimate of drug-likeness (QED) is 0.620. The summed E-state index contributed by atoms with van der Waals surface area (Å²) < 4.78 is 11.8. The Kier molecular flexibility index (Phi) is 3.49. The summed E-state index contributed by atoms with van der Waals surface area (Å²) in [6, 6.07) is 1.23. The average molecular weight is 342 g/mol. The van der Waals surface area contributed by atoms with Gasteiger partial charge in [0.25, 0.3) is 5.91 Å². The zero-order chi connectivity index (χ0) is 14.1. The van der Waals surface area contributed by atoms with Crippen LogP contribution in [-0.4, -0.2) is 38.2 Å². The van der Waals surface area contributed by atoms with Gasteiger partial charge in [0.1, 0.15) is 11.5 Å². The molecular formula is C12H12BrN3O4. The van der Waals surface area contributed by atoms with Crippen LogP contribution in [-0.2, 0) is 9.53 Å². The lowest BCUT2D eigenvalue weighted by atomic mass is 10.3. The number of ether oxygens (including phenoxy) is 1. The van der Waals surface area contributed by atoms with Crippen LogP contribution in [0, 0.1) is 0 Å². The van der Waals surface area contributed by atoms with Crippen molar-refractivity contribution >= 4 is 39.8 Å². The van der Waals surface area contributed by atoms with E-state index in [-0.39, 0.29) is 5.70 Å². The third-order valence-electron chi connectivity index (χ3n) is 2.99. The Morgan fingerprint density at radius 3 is 2.65 bits per heavy atom. The highest BCUT2D eigenvalue weighted by Crippen LogP contribution is 2.31. The van der Waals surface area contributed by atoms with E-state index in [0.29, 0.717) is 24.9 Å². The molecule has 0 radical (unpaired) electrons. The third kappa shape index (κ3) is 2.56. The van der Waals surface area contributed by atoms with Crippen molar-refractivity contribution in [2.24, 2.45) is 0 Å². The van der Waals surface area contributed by atoms with Crippen LogP contribution in [0.5, 0.6) is 0 Å². The second-order valence-electron chi connectivity index (χ2n) is 4.37. The molecule has 0 atom stereocenters. The Hall–Kier alpha value is -1.80. The van der Waals surface area contributed by atoms with Crippen LogP contribution >= 0.6 is 15.9 Å². The molecule has 2 saturated heterocycles. The minimum absolute atomic E-state index is 0.171. The van der Waals surface area contributed by atoms with Crippen molar-refractivity contribution in [3.05, 3.63) is 22.0 Å². The van der Waals surface area contributed by atoms with Gasteiger partial charge >= 0.3 is 6.03 Å². The summed E-state index contributed by atoms with van der Waals surface area (Å²) in [5.74, 6) is 0.728. The smallest absolute Gasteiger partial charge is 0.326 e. The molecular weight excluding hydrogens is 330 g/mol. The number of furan rings is 1. The number of carbonyl (C=O) groups excluding carboxylic acids is 2. The number of carbonyl (C=O) groups is 2. The van der Waals surface area contributed by atoms with Crippen LogP contribution in [0.4, 0.5) is 10.7 Å². The molecule has 0 unspecified atom stereocenters. The van der Waals surface area contributed by atoms with Gasteiger partial charge in [-0.15, -0.1) is 0 Å². The molecule has 3 heterocycles. The summed E-state index contributed by atoms with van der Waals surface area (Å²) in [4.78, 5) is 24.5. The molecule has 20 heavy (non-hydrogen) atoms. The molecule has 2 aliphatic rings. The Morgan fingerprint density at radius 1 is 1.25 bits per heavy atom. The van der Waals surface area contributed by atoms with Gasteiger partial charge in [0, 0.05) is 25.2 Å². The zero-order valence-corrected chi connectivity index (χ0v) is 12.0. The molecule has 1 aromatic heterocycles. The topological polar surface area (TPSA) is 83.8 Å². The fourth-order valence-electron chi connectivity index (χ4n) is 2.05. The summed E-state index contributed by atoms with van der Waals surface area (Å²) in [6.07, 6.45) is 1.49. The standard InChI is InChI=1S/C12H12BrN3O4/c13-8-5-7(6-9-10(17)15-12(18)14-9)20-11(8)16-1-3-19-4-2-16/h5-6H,1-4H2,(H2,14,15,17,18)/b9-6+. The van der Waals surface area contributed by atoms with Gasteiger partial charge in [-0.3, -0.25) is 10.1 Å². The molecule has 0 saturated carbocycles. The molecule has 3 rings (SSSR count). The van der Waals surface area contributed by atoms with E-state index in [1.54, 1.807) is 6.07 Å². The molecule has 3 amide bonds. The Morgan fingerprint density at radius 2 is 2.00 bits per heavy atom. The summed E-state index contributed by atoms with van der Waals surface area (Å²) >= 11 is 3.44. The monoisotopic (exact) mass is 341 g/mol. The van der Waals surface area contributed by atoms with Crippen molar-refractivity contribution in [1.82, 2.24) is 10.6 Å². The van der Waals surface area contributed by atoms with Crippen LogP contribution in [0.2, 0.25) is 0 Å². The minimum Gasteiger partial charge on any atom is -0.440 e. The number of halogens is 1. The fourth-order valence-corrected chi connectivity index (χ4v) is 2.61. The second-order valence-corrected chi connectivity index (χ2v) is 5.22. The summed E-state index contributed by atoms with van der Waals surface area (Å²) in [5.41, 5.74) is 0.171. The lowest BCUT2D eigenvalue weighted by molar-refractivity contribution is -0.115. The molecule has 0 spiro atoms. The van der Waals surface area contributed by atoms with Crippen LogP contribution in [0.25, 0.3) is 6.08 Å². The molecule has 106 valence electrons. The van der Waals surface area contributed by atoms with Gasteiger partial charge < -0.3 is 19.4 Å². The van der Waals surface area contributed by atoms with E-state index in [1.165, 1.54) is 6.08 Å². The number of anilines is 1. The van der Waals surface area contributed by atoms with Gasteiger partial charge in [0.15, 0.2) is 0 Å². The molecule has 0 bridgehead atoms. The maximum Gasteiger partial charge on any atom is 0.326 e. The van der Waals surface area contributed by atoms with Crippen LogP contribution in [0.3, 0.4) is 0 Å². The van der Waals surface area contributed by atoms with Crippen LogP contribution in [0.1, 0.15) is 5.76 Å². The lowest BCUT2D eigenvalue weighted by Gasteiger charge is -2.26. The molecule has 0 aromatic carbocycles. The van der Waals surface area contributed by atoms with Gasteiger partial charge in [0.2, 0.25) is 5.88 Å².